The molecule has 1 aliphatic carbocycles. The third-order valence-corrected chi connectivity index (χ3v) is 4.85. The predicted octanol–water partition coefficient (Wildman–Crippen LogP) is 3.42. The van der Waals surface area contributed by atoms with Crippen LogP contribution in [-0.4, -0.2) is 37.1 Å². The van der Waals surface area contributed by atoms with E-state index in [1.54, 1.807) is 0 Å². The van der Waals surface area contributed by atoms with Crippen LogP contribution < -0.4 is 5.32 Å². The average Bonchev–Trinajstić information content (AvgIpc) is 2.90. The first-order chi connectivity index (χ1) is 8.90. The summed E-state index contributed by atoms with van der Waals surface area (Å²) in [5.41, 5.74) is 0. The Bertz CT molecular complexity index is 209. The zero-order chi connectivity index (χ0) is 12.6. The number of nitrogens with one attached hydrogen (secondary N) is 1. The van der Waals surface area contributed by atoms with Crippen LogP contribution in [0, 0.1) is 5.92 Å². The third kappa shape index (κ3) is 4.55. The molecular weight excluding hydrogens is 220 g/mol. The van der Waals surface area contributed by atoms with E-state index in [0.29, 0.717) is 0 Å². The molecule has 106 valence electrons. The molecule has 0 bridgehead atoms. The van der Waals surface area contributed by atoms with Gasteiger partial charge < -0.3 is 5.32 Å². The van der Waals surface area contributed by atoms with Gasteiger partial charge in [0.2, 0.25) is 0 Å². The van der Waals surface area contributed by atoms with Gasteiger partial charge in [0.15, 0.2) is 0 Å². The Balaban J connectivity index is 1.58. The summed E-state index contributed by atoms with van der Waals surface area (Å²) in [6.07, 6.45) is 12.9. The van der Waals surface area contributed by atoms with Crippen molar-refractivity contribution in [2.75, 3.05) is 26.2 Å². The molecule has 2 rings (SSSR count). The van der Waals surface area contributed by atoms with E-state index in [2.05, 4.69) is 17.1 Å². The molecule has 1 heterocycles. The molecule has 1 atom stereocenters. The van der Waals surface area contributed by atoms with Crippen LogP contribution in [-0.2, 0) is 0 Å². The Labute approximate surface area is 114 Å². The van der Waals surface area contributed by atoms with Gasteiger partial charge in [-0.25, -0.2) is 0 Å². The van der Waals surface area contributed by atoms with Gasteiger partial charge in [-0.3, -0.25) is 4.90 Å². The molecule has 0 aromatic heterocycles. The van der Waals surface area contributed by atoms with Gasteiger partial charge in [0.25, 0.3) is 0 Å². The largest absolute Gasteiger partial charge is 0.315 e. The number of hydrogen-bond acceptors (Lipinski definition) is 2. The fraction of sp³-hybridized carbons (Fsp3) is 1.00. The van der Waals surface area contributed by atoms with Gasteiger partial charge in [-0.15, -0.1) is 0 Å². The van der Waals surface area contributed by atoms with Crippen molar-refractivity contribution in [3.63, 3.8) is 0 Å². The van der Waals surface area contributed by atoms with Crippen LogP contribution >= 0.6 is 0 Å². The smallest absolute Gasteiger partial charge is 0.0110 e. The summed E-state index contributed by atoms with van der Waals surface area (Å²) in [6, 6.07) is 0.886. The lowest BCUT2D eigenvalue weighted by molar-refractivity contribution is 0.140. The number of piperidine rings is 1. The van der Waals surface area contributed by atoms with E-state index in [0.717, 1.165) is 12.0 Å². The average molecular weight is 252 g/mol. The lowest BCUT2D eigenvalue weighted by Gasteiger charge is -2.35. The molecule has 18 heavy (non-hydrogen) atoms. The summed E-state index contributed by atoms with van der Waals surface area (Å²) in [5.74, 6) is 0.984. The second-order valence-electron chi connectivity index (χ2n) is 6.33. The zero-order valence-electron chi connectivity index (χ0n) is 12.3. The van der Waals surface area contributed by atoms with Crippen molar-refractivity contribution >= 4 is 0 Å². The maximum Gasteiger partial charge on any atom is 0.0110 e. The Morgan fingerprint density at radius 2 is 1.83 bits per heavy atom. The minimum absolute atomic E-state index is 0.886. The van der Waals surface area contributed by atoms with Crippen molar-refractivity contribution in [3.05, 3.63) is 0 Å². The van der Waals surface area contributed by atoms with Crippen LogP contribution in [0.2, 0.25) is 0 Å². The first kappa shape index (κ1) is 14.3. The van der Waals surface area contributed by atoms with Gasteiger partial charge in [0, 0.05) is 19.1 Å². The van der Waals surface area contributed by atoms with Gasteiger partial charge in [0.05, 0.1) is 0 Å². The minimum atomic E-state index is 0.886. The molecule has 1 saturated heterocycles. The Kier molecular flexibility index (Phi) is 6.50. The normalized spacial score (nSPS) is 26.8. The maximum absolute atomic E-state index is 3.70. The molecule has 2 fully saturated rings. The molecule has 1 unspecified atom stereocenters. The van der Waals surface area contributed by atoms with E-state index in [9.17, 15) is 0 Å². The molecule has 0 aromatic carbocycles. The van der Waals surface area contributed by atoms with Crippen LogP contribution in [0.25, 0.3) is 0 Å². The Hall–Kier alpha value is -0.0800. The van der Waals surface area contributed by atoms with Crippen LogP contribution in [0.1, 0.15) is 64.7 Å². The highest BCUT2D eigenvalue weighted by atomic mass is 15.2. The first-order valence-corrected chi connectivity index (χ1v) is 8.35. The second-order valence-corrected chi connectivity index (χ2v) is 6.33. The van der Waals surface area contributed by atoms with Gasteiger partial charge in [-0.1, -0.05) is 32.6 Å². The molecule has 1 aliphatic heterocycles. The molecule has 1 N–H and O–H groups in total. The quantitative estimate of drug-likeness (QED) is 0.698. The fourth-order valence-electron chi connectivity index (χ4n) is 3.76. The van der Waals surface area contributed by atoms with Gasteiger partial charge in [0.1, 0.15) is 0 Å². The van der Waals surface area contributed by atoms with Gasteiger partial charge in [-0.2, -0.15) is 0 Å². The molecule has 2 heteroatoms. The molecule has 2 nitrogen and oxygen atoms in total. The summed E-state index contributed by atoms with van der Waals surface area (Å²) in [4.78, 5) is 2.74. The Morgan fingerprint density at radius 3 is 2.61 bits per heavy atom. The van der Waals surface area contributed by atoms with Crippen molar-refractivity contribution in [2.24, 2.45) is 5.92 Å². The summed E-state index contributed by atoms with van der Waals surface area (Å²) < 4.78 is 0. The number of rotatable bonds is 7. The van der Waals surface area contributed by atoms with Crippen molar-refractivity contribution in [3.8, 4) is 0 Å². The van der Waals surface area contributed by atoms with Crippen molar-refractivity contribution in [1.82, 2.24) is 10.2 Å². The zero-order valence-corrected chi connectivity index (χ0v) is 12.3. The van der Waals surface area contributed by atoms with Gasteiger partial charge >= 0.3 is 0 Å². The summed E-state index contributed by atoms with van der Waals surface area (Å²) in [5, 5.41) is 3.70. The van der Waals surface area contributed by atoms with E-state index in [1.807, 2.05) is 0 Å². The SMILES string of the molecule is CCCC1CCCCN1CCNCC1CCCC1. The van der Waals surface area contributed by atoms with Crippen LogP contribution in [0.3, 0.4) is 0 Å². The van der Waals surface area contributed by atoms with Crippen molar-refractivity contribution in [1.29, 1.82) is 0 Å². The Morgan fingerprint density at radius 1 is 1.06 bits per heavy atom. The van der Waals surface area contributed by atoms with Crippen molar-refractivity contribution in [2.45, 2.75) is 70.8 Å². The fourth-order valence-corrected chi connectivity index (χ4v) is 3.76. The van der Waals surface area contributed by atoms with E-state index in [1.165, 1.54) is 84.0 Å². The first-order valence-electron chi connectivity index (χ1n) is 8.35. The monoisotopic (exact) mass is 252 g/mol. The molecular formula is C16H32N2. The minimum Gasteiger partial charge on any atom is -0.315 e. The standard InChI is InChI=1S/C16H32N2/c1-2-7-16-10-5-6-12-18(16)13-11-17-14-15-8-3-4-9-15/h15-17H,2-14H2,1H3. The molecule has 0 amide bonds. The highest BCUT2D eigenvalue weighted by Crippen LogP contribution is 2.23. The molecule has 0 spiro atoms. The summed E-state index contributed by atoms with van der Waals surface area (Å²) in [7, 11) is 0. The highest BCUT2D eigenvalue weighted by Gasteiger charge is 2.21. The van der Waals surface area contributed by atoms with E-state index < -0.39 is 0 Å². The van der Waals surface area contributed by atoms with Crippen LogP contribution in [0.5, 0.6) is 0 Å². The van der Waals surface area contributed by atoms with Crippen LogP contribution in [0.4, 0.5) is 0 Å². The number of likely N-dealkylation sites (tertiary alicyclic amines) is 1. The second kappa shape index (κ2) is 8.16. The molecule has 1 saturated carbocycles. The van der Waals surface area contributed by atoms with E-state index in [4.69, 9.17) is 0 Å². The van der Waals surface area contributed by atoms with E-state index in [-0.39, 0.29) is 0 Å². The molecule has 0 radical (unpaired) electrons. The van der Waals surface area contributed by atoms with Gasteiger partial charge in [-0.05, 0) is 51.1 Å². The number of nitrogens with zero attached hydrogens (tertiary/aromatic N) is 1. The summed E-state index contributed by atoms with van der Waals surface area (Å²) in [6.45, 7) is 7.42. The third-order valence-electron chi connectivity index (χ3n) is 4.85. The maximum atomic E-state index is 3.70. The lowest BCUT2D eigenvalue weighted by atomic mass is 9.98. The lowest BCUT2D eigenvalue weighted by Crippen LogP contribution is -2.43. The topological polar surface area (TPSA) is 15.3 Å². The summed E-state index contributed by atoms with van der Waals surface area (Å²) >= 11 is 0. The van der Waals surface area contributed by atoms with Crippen molar-refractivity contribution < 1.29 is 0 Å². The molecule has 2 aliphatic rings. The highest BCUT2D eigenvalue weighted by molar-refractivity contribution is 4.77. The molecule has 0 aromatic rings. The van der Waals surface area contributed by atoms with Crippen LogP contribution in [0.15, 0.2) is 0 Å². The predicted molar refractivity (Wildman–Crippen MR) is 78.9 cm³/mol. The number of hydrogen-bond donors (Lipinski definition) is 1. The van der Waals surface area contributed by atoms with E-state index >= 15 is 0 Å².